The number of halogens is 1. The van der Waals surface area contributed by atoms with Crippen LogP contribution in [0, 0.1) is 11.3 Å². The molecule has 11 heteroatoms. The molecule has 1 N–H and O–H groups in total. The van der Waals surface area contributed by atoms with E-state index in [0.29, 0.717) is 55.2 Å². The van der Waals surface area contributed by atoms with Gasteiger partial charge in [-0.25, -0.2) is 5.10 Å². The number of alkyl halides is 1. The lowest BCUT2D eigenvalue weighted by molar-refractivity contribution is -0.133. The molecule has 2 aliphatic rings. The van der Waals surface area contributed by atoms with Gasteiger partial charge in [-0.1, -0.05) is 26.5 Å². The SMILES string of the molecule is C=Cc1oc(N2CCN(C(=O)CN3CCCC3c3cc(C#N)c(=O)[nH]n3)CC2)nc1/C=C\CCl.CC. The predicted molar refractivity (Wildman–Crippen MR) is 140 cm³/mol. The standard InChI is InChI=1S/C23H26ClN7O3.C2H6/c1-2-20-17(5-3-7-24)26-23(34-20)30-11-9-29(10-12-30)21(32)15-31-8-4-6-19(31)18-13-16(14-25)22(33)28-27-18;1-2/h2-3,5,13,19H,1,4,6-12,15H2,(H,28,33);1-2H3/b5-3-;. The second kappa shape index (κ2) is 13.0. The Labute approximate surface area is 215 Å². The van der Waals surface area contributed by atoms with Crippen LogP contribution in [0.15, 0.2) is 27.9 Å². The van der Waals surface area contributed by atoms with Crippen molar-refractivity contribution in [3.8, 4) is 6.07 Å². The Kier molecular flexibility index (Phi) is 9.85. The minimum atomic E-state index is -0.502. The molecule has 2 aromatic heterocycles. The zero-order valence-electron chi connectivity index (χ0n) is 20.7. The molecular weight excluding hydrogens is 482 g/mol. The van der Waals surface area contributed by atoms with Crippen molar-refractivity contribution in [1.29, 1.82) is 5.26 Å². The molecule has 2 aliphatic heterocycles. The Bertz CT molecular complexity index is 1180. The summed E-state index contributed by atoms with van der Waals surface area (Å²) in [4.78, 5) is 35.1. The third-order valence-electron chi connectivity index (χ3n) is 6.11. The van der Waals surface area contributed by atoms with Crippen molar-refractivity contribution in [1.82, 2.24) is 25.0 Å². The van der Waals surface area contributed by atoms with Crippen LogP contribution in [0.4, 0.5) is 6.01 Å². The van der Waals surface area contributed by atoms with E-state index in [1.54, 1.807) is 18.2 Å². The molecule has 0 radical (unpaired) electrons. The van der Waals surface area contributed by atoms with Crippen LogP contribution >= 0.6 is 11.6 Å². The zero-order chi connectivity index (χ0) is 26.1. The molecule has 1 amide bonds. The maximum Gasteiger partial charge on any atom is 0.298 e. The average molecular weight is 514 g/mol. The number of nitriles is 1. The number of rotatable bonds is 7. The first-order valence-electron chi connectivity index (χ1n) is 12.2. The number of nitrogens with one attached hydrogen (secondary N) is 1. The maximum atomic E-state index is 13.0. The molecule has 2 saturated heterocycles. The van der Waals surface area contributed by atoms with E-state index in [9.17, 15) is 9.59 Å². The topological polar surface area (TPSA) is 122 Å². The number of oxazole rings is 1. The van der Waals surface area contributed by atoms with Gasteiger partial charge in [0.2, 0.25) is 5.91 Å². The molecule has 1 atom stereocenters. The highest BCUT2D eigenvalue weighted by atomic mass is 35.5. The number of H-pyrrole nitrogens is 1. The number of anilines is 1. The van der Waals surface area contributed by atoms with E-state index in [-0.39, 0.29) is 24.1 Å². The predicted octanol–water partition coefficient (Wildman–Crippen LogP) is 3.04. The summed E-state index contributed by atoms with van der Waals surface area (Å²) >= 11 is 5.72. The van der Waals surface area contributed by atoms with Crippen molar-refractivity contribution in [2.24, 2.45) is 0 Å². The van der Waals surface area contributed by atoms with Crippen LogP contribution in [-0.4, -0.2) is 76.0 Å². The van der Waals surface area contributed by atoms with Crippen LogP contribution in [0.5, 0.6) is 0 Å². The van der Waals surface area contributed by atoms with Gasteiger partial charge in [-0.05, 0) is 37.6 Å². The van der Waals surface area contributed by atoms with E-state index < -0.39 is 5.56 Å². The number of carbonyl (C=O) groups excluding carboxylic acids is 1. The highest BCUT2D eigenvalue weighted by molar-refractivity contribution is 6.19. The largest absolute Gasteiger partial charge is 0.423 e. The normalized spacial score (nSPS) is 18.1. The second-order valence-corrected chi connectivity index (χ2v) is 8.46. The van der Waals surface area contributed by atoms with E-state index in [2.05, 4.69) is 26.7 Å². The van der Waals surface area contributed by atoms with Crippen LogP contribution in [0.1, 0.15) is 55.4 Å². The van der Waals surface area contributed by atoms with Crippen LogP contribution in [-0.2, 0) is 4.79 Å². The highest BCUT2D eigenvalue weighted by Gasteiger charge is 2.32. The summed E-state index contributed by atoms with van der Waals surface area (Å²) in [6.07, 6.45) is 6.96. The molecule has 1 unspecified atom stereocenters. The molecule has 192 valence electrons. The van der Waals surface area contributed by atoms with Crippen LogP contribution < -0.4 is 10.5 Å². The van der Waals surface area contributed by atoms with Crippen LogP contribution in [0.3, 0.4) is 0 Å². The van der Waals surface area contributed by atoms with Gasteiger partial charge in [0, 0.05) is 32.1 Å². The van der Waals surface area contributed by atoms with Crippen LogP contribution in [0.2, 0.25) is 0 Å². The van der Waals surface area contributed by atoms with Gasteiger partial charge in [0.15, 0.2) is 5.76 Å². The second-order valence-electron chi connectivity index (χ2n) is 8.15. The lowest BCUT2D eigenvalue weighted by atomic mass is 10.1. The first-order valence-corrected chi connectivity index (χ1v) is 12.7. The summed E-state index contributed by atoms with van der Waals surface area (Å²) in [6.45, 7) is 11.1. The minimum Gasteiger partial charge on any atom is -0.423 e. The van der Waals surface area contributed by atoms with Crippen molar-refractivity contribution in [3.05, 3.63) is 51.8 Å². The Morgan fingerprint density at radius 2 is 2.08 bits per heavy atom. The third-order valence-corrected chi connectivity index (χ3v) is 6.29. The molecule has 0 spiro atoms. The number of amides is 1. The number of carbonyl (C=O) groups is 1. The number of likely N-dealkylation sites (tertiary alicyclic amines) is 1. The monoisotopic (exact) mass is 513 g/mol. The maximum absolute atomic E-state index is 13.0. The van der Waals surface area contributed by atoms with E-state index in [0.717, 1.165) is 19.4 Å². The summed E-state index contributed by atoms with van der Waals surface area (Å²) in [5.41, 5.74) is 0.830. The van der Waals surface area contributed by atoms with E-state index in [1.807, 2.05) is 29.7 Å². The fourth-order valence-electron chi connectivity index (χ4n) is 4.33. The Morgan fingerprint density at radius 1 is 1.33 bits per heavy atom. The molecule has 2 aromatic rings. The summed E-state index contributed by atoms with van der Waals surface area (Å²) in [7, 11) is 0. The lowest BCUT2D eigenvalue weighted by Gasteiger charge is -2.35. The van der Waals surface area contributed by atoms with Crippen molar-refractivity contribution < 1.29 is 9.21 Å². The number of allylic oxidation sites excluding steroid dienone is 1. The molecule has 0 saturated carbocycles. The fourth-order valence-corrected chi connectivity index (χ4v) is 4.42. The van der Waals surface area contributed by atoms with Crippen molar-refractivity contribution in [2.75, 3.05) is 50.0 Å². The molecule has 4 heterocycles. The van der Waals surface area contributed by atoms with Gasteiger partial charge in [0.05, 0.1) is 18.3 Å². The van der Waals surface area contributed by atoms with Crippen molar-refractivity contribution in [2.45, 2.75) is 32.7 Å². The molecular formula is C25H32ClN7O3. The van der Waals surface area contributed by atoms with Gasteiger partial charge in [-0.15, -0.1) is 11.6 Å². The molecule has 0 aliphatic carbocycles. The number of nitrogens with zero attached hydrogens (tertiary/aromatic N) is 6. The number of aromatic amines is 1. The Balaban J connectivity index is 0.00000176. The third kappa shape index (κ3) is 6.22. The van der Waals surface area contributed by atoms with E-state index >= 15 is 0 Å². The molecule has 2 fully saturated rings. The van der Waals surface area contributed by atoms with E-state index in [1.165, 1.54) is 6.07 Å². The first kappa shape index (κ1) is 27.2. The zero-order valence-corrected chi connectivity index (χ0v) is 21.5. The Hall–Kier alpha value is -3.42. The first-order chi connectivity index (χ1) is 17.5. The number of hydrogen-bond acceptors (Lipinski definition) is 8. The van der Waals surface area contributed by atoms with E-state index in [4.69, 9.17) is 21.3 Å². The summed E-state index contributed by atoms with van der Waals surface area (Å²) < 4.78 is 5.83. The van der Waals surface area contributed by atoms with Gasteiger partial charge in [0.1, 0.15) is 17.3 Å². The average Bonchev–Trinajstić information content (AvgIpc) is 3.56. The number of hydrogen-bond donors (Lipinski definition) is 1. The summed E-state index contributed by atoms with van der Waals surface area (Å²) in [5.74, 6) is 1.02. The molecule has 10 nitrogen and oxygen atoms in total. The van der Waals surface area contributed by atoms with Gasteiger partial charge in [-0.2, -0.15) is 15.3 Å². The molecule has 0 bridgehead atoms. The lowest BCUT2D eigenvalue weighted by Crippen LogP contribution is -2.51. The molecule has 36 heavy (non-hydrogen) atoms. The molecule has 0 aromatic carbocycles. The highest BCUT2D eigenvalue weighted by Crippen LogP contribution is 2.30. The van der Waals surface area contributed by atoms with Gasteiger partial charge in [0.25, 0.3) is 11.6 Å². The summed E-state index contributed by atoms with van der Waals surface area (Å²) in [6, 6.07) is 3.82. The number of piperazine rings is 1. The Morgan fingerprint density at radius 3 is 2.75 bits per heavy atom. The number of aromatic nitrogens is 3. The van der Waals surface area contributed by atoms with Crippen LogP contribution in [0.25, 0.3) is 12.2 Å². The molecule has 4 rings (SSSR count). The van der Waals surface area contributed by atoms with Crippen molar-refractivity contribution in [3.63, 3.8) is 0 Å². The van der Waals surface area contributed by atoms with Gasteiger partial charge in [-0.3, -0.25) is 14.5 Å². The fraction of sp³-hybridized carbons (Fsp3) is 0.480. The quantitative estimate of drug-likeness (QED) is 0.560. The van der Waals surface area contributed by atoms with Gasteiger partial charge < -0.3 is 14.2 Å². The van der Waals surface area contributed by atoms with Gasteiger partial charge >= 0.3 is 0 Å². The smallest absolute Gasteiger partial charge is 0.298 e. The van der Waals surface area contributed by atoms with Crippen molar-refractivity contribution >= 4 is 35.7 Å². The summed E-state index contributed by atoms with van der Waals surface area (Å²) in [5, 5.41) is 15.6. The minimum absolute atomic E-state index is 0.0340.